The molecule has 1 heterocycles. The van der Waals surface area contributed by atoms with Crippen molar-refractivity contribution in [2.75, 3.05) is 37.6 Å². The zero-order chi connectivity index (χ0) is 20.9. The average molecular weight is 441 g/mol. The standard InChI is InChI=1S/C24H31F3N2.ClH/c1-3-4-6-21-17-20(10-9-19(21)2)11-12-28-13-15-29(16-14-28)23-8-5-7-22(18-23)24(25,26)27;/h5,7-10,17-18H,3-4,6,11-16H2,1-2H3;1H. The molecule has 1 aliphatic heterocycles. The molecule has 2 nitrogen and oxygen atoms in total. The third-order valence-corrected chi connectivity index (χ3v) is 5.84. The summed E-state index contributed by atoms with van der Waals surface area (Å²) in [6.07, 6.45) is 0.304. The van der Waals surface area contributed by atoms with Crippen molar-refractivity contribution in [2.45, 2.75) is 45.7 Å². The molecular formula is C24H32ClF3N2. The number of piperazine rings is 1. The molecule has 0 saturated carbocycles. The predicted molar refractivity (Wildman–Crippen MR) is 121 cm³/mol. The van der Waals surface area contributed by atoms with Gasteiger partial charge < -0.3 is 4.90 Å². The molecule has 6 heteroatoms. The van der Waals surface area contributed by atoms with Crippen LogP contribution in [0.25, 0.3) is 0 Å². The lowest BCUT2D eigenvalue weighted by atomic mass is 9.99. The van der Waals surface area contributed by atoms with Crippen molar-refractivity contribution in [3.8, 4) is 0 Å². The van der Waals surface area contributed by atoms with Gasteiger partial charge in [-0.2, -0.15) is 13.2 Å². The van der Waals surface area contributed by atoms with Crippen molar-refractivity contribution >= 4 is 18.1 Å². The molecule has 2 aromatic carbocycles. The molecule has 2 aromatic rings. The van der Waals surface area contributed by atoms with Gasteiger partial charge in [-0.25, -0.2) is 0 Å². The molecule has 1 saturated heterocycles. The van der Waals surface area contributed by atoms with E-state index in [-0.39, 0.29) is 12.4 Å². The van der Waals surface area contributed by atoms with Crippen LogP contribution in [-0.4, -0.2) is 37.6 Å². The molecule has 0 aliphatic carbocycles. The Hall–Kier alpha value is -1.72. The van der Waals surface area contributed by atoms with Crippen LogP contribution < -0.4 is 4.90 Å². The second-order valence-corrected chi connectivity index (χ2v) is 7.99. The monoisotopic (exact) mass is 440 g/mol. The van der Waals surface area contributed by atoms with Gasteiger partial charge in [-0.05, 0) is 61.1 Å². The van der Waals surface area contributed by atoms with E-state index in [0.29, 0.717) is 5.69 Å². The first-order chi connectivity index (χ1) is 13.9. The summed E-state index contributed by atoms with van der Waals surface area (Å²) >= 11 is 0. The number of rotatable bonds is 7. The van der Waals surface area contributed by atoms with Gasteiger partial charge in [0.15, 0.2) is 0 Å². The number of aryl methyl sites for hydroxylation is 2. The molecule has 0 spiro atoms. The highest BCUT2D eigenvalue weighted by molar-refractivity contribution is 5.85. The lowest BCUT2D eigenvalue weighted by molar-refractivity contribution is -0.137. The van der Waals surface area contributed by atoms with Crippen molar-refractivity contribution in [1.82, 2.24) is 4.90 Å². The highest BCUT2D eigenvalue weighted by Crippen LogP contribution is 2.31. The summed E-state index contributed by atoms with van der Waals surface area (Å²) in [5.74, 6) is 0. The number of hydrogen-bond donors (Lipinski definition) is 0. The first-order valence-electron chi connectivity index (χ1n) is 10.6. The van der Waals surface area contributed by atoms with Crippen LogP contribution in [0.1, 0.15) is 42.0 Å². The molecule has 0 amide bonds. The van der Waals surface area contributed by atoms with Gasteiger partial charge in [0.2, 0.25) is 0 Å². The van der Waals surface area contributed by atoms with E-state index in [1.165, 1.54) is 41.7 Å². The number of alkyl halides is 3. The van der Waals surface area contributed by atoms with E-state index < -0.39 is 11.7 Å². The van der Waals surface area contributed by atoms with Crippen molar-refractivity contribution in [1.29, 1.82) is 0 Å². The number of nitrogens with zero attached hydrogens (tertiary/aromatic N) is 2. The van der Waals surface area contributed by atoms with Crippen LogP contribution in [-0.2, 0) is 19.0 Å². The van der Waals surface area contributed by atoms with Crippen LogP contribution in [0.15, 0.2) is 42.5 Å². The molecule has 166 valence electrons. The minimum absolute atomic E-state index is 0. The number of hydrogen-bond acceptors (Lipinski definition) is 2. The highest BCUT2D eigenvalue weighted by atomic mass is 35.5. The van der Waals surface area contributed by atoms with E-state index in [4.69, 9.17) is 0 Å². The largest absolute Gasteiger partial charge is 0.416 e. The van der Waals surface area contributed by atoms with Crippen LogP contribution in [0.3, 0.4) is 0 Å². The first-order valence-corrected chi connectivity index (χ1v) is 10.6. The Balaban J connectivity index is 0.00000320. The topological polar surface area (TPSA) is 6.48 Å². The Kier molecular flexibility index (Phi) is 9.05. The van der Waals surface area contributed by atoms with Crippen molar-refractivity contribution in [3.63, 3.8) is 0 Å². The molecule has 0 unspecified atom stereocenters. The van der Waals surface area contributed by atoms with Gasteiger partial charge in [0.1, 0.15) is 0 Å². The molecule has 1 fully saturated rings. The van der Waals surface area contributed by atoms with E-state index in [1.54, 1.807) is 6.07 Å². The summed E-state index contributed by atoms with van der Waals surface area (Å²) in [4.78, 5) is 4.47. The van der Waals surface area contributed by atoms with E-state index in [9.17, 15) is 13.2 Å². The maximum absolute atomic E-state index is 13.0. The van der Waals surface area contributed by atoms with Crippen molar-refractivity contribution < 1.29 is 13.2 Å². The molecule has 0 N–H and O–H groups in total. The summed E-state index contributed by atoms with van der Waals surface area (Å²) in [6.45, 7) is 8.68. The molecule has 0 radical (unpaired) electrons. The van der Waals surface area contributed by atoms with Gasteiger partial charge in [0.05, 0.1) is 5.56 Å². The first kappa shape index (κ1) is 24.5. The fourth-order valence-corrected chi connectivity index (χ4v) is 3.91. The lowest BCUT2D eigenvalue weighted by Gasteiger charge is -2.36. The van der Waals surface area contributed by atoms with Crippen molar-refractivity contribution in [2.24, 2.45) is 0 Å². The minimum atomic E-state index is -4.29. The normalized spacial score (nSPS) is 15.2. The Morgan fingerprint density at radius 3 is 2.33 bits per heavy atom. The summed E-state index contributed by atoms with van der Waals surface area (Å²) in [5.41, 5.74) is 4.30. The molecular weight excluding hydrogens is 409 g/mol. The quantitative estimate of drug-likeness (QED) is 0.510. The number of halogens is 4. The zero-order valence-electron chi connectivity index (χ0n) is 17.8. The lowest BCUT2D eigenvalue weighted by Crippen LogP contribution is -2.47. The Bertz CT molecular complexity index is 799. The summed E-state index contributed by atoms with van der Waals surface area (Å²) in [7, 11) is 0. The van der Waals surface area contributed by atoms with E-state index in [0.717, 1.165) is 51.6 Å². The maximum Gasteiger partial charge on any atom is 0.416 e. The van der Waals surface area contributed by atoms with E-state index in [1.807, 2.05) is 0 Å². The van der Waals surface area contributed by atoms with E-state index >= 15 is 0 Å². The summed E-state index contributed by atoms with van der Waals surface area (Å²) in [5, 5.41) is 0. The number of unbranched alkanes of at least 4 members (excludes halogenated alkanes) is 1. The van der Waals surface area contributed by atoms with Crippen LogP contribution in [0.5, 0.6) is 0 Å². The van der Waals surface area contributed by atoms with Gasteiger partial charge in [-0.1, -0.05) is 37.6 Å². The zero-order valence-corrected chi connectivity index (χ0v) is 18.7. The smallest absolute Gasteiger partial charge is 0.369 e. The van der Waals surface area contributed by atoms with Crippen LogP contribution in [0.2, 0.25) is 0 Å². The molecule has 30 heavy (non-hydrogen) atoms. The van der Waals surface area contributed by atoms with Crippen molar-refractivity contribution in [3.05, 3.63) is 64.7 Å². The predicted octanol–water partition coefficient (Wildman–Crippen LogP) is 6.14. The third kappa shape index (κ3) is 6.64. The Morgan fingerprint density at radius 2 is 1.67 bits per heavy atom. The third-order valence-electron chi connectivity index (χ3n) is 5.84. The second-order valence-electron chi connectivity index (χ2n) is 7.99. The Labute approximate surface area is 184 Å². The molecule has 0 atom stereocenters. The molecule has 3 rings (SSSR count). The summed E-state index contributed by atoms with van der Waals surface area (Å²) < 4.78 is 38.9. The van der Waals surface area contributed by atoms with Crippen LogP contribution in [0.4, 0.5) is 18.9 Å². The molecule has 0 aromatic heterocycles. The molecule has 1 aliphatic rings. The molecule has 0 bridgehead atoms. The van der Waals surface area contributed by atoms with Crippen LogP contribution >= 0.6 is 12.4 Å². The van der Waals surface area contributed by atoms with E-state index in [2.05, 4.69) is 41.8 Å². The number of anilines is 1. The second kappa shape index (κ2) is 11.1. The SMILES string of the molecule is CCCCc1cc(CCN2CCN(c3cccc(C(F)(F)F)c3)CC2)ccc1C.Cl. The van der Waals surface area contributed by atoms with Gasteiger partial charge in [-0.15, -0.1) is 12.4 Å². The fourth-order valence-electron chi connectivity index (χ4n) is 3.91. The van der Waals surface area contributed by atoms with Gasteiger partial charge in [0, 0.05) is 38.4 Å². The van der Waals surface area contributed by atoms with Gasteiger partial charge in [0.25, 0.3) is 0 Å². The Morgan fingerprint density at radius 1 is 0.933 bits per heavy atom. The average Bonchev–Trinajstić information content (AvgIpc) is 2.72. The minimum Gasteiger partial charge on any atom is -0.369 e. The highest BCUT2D eigenvalue weighted by Gasteiger charge is 2.31. The maximum atomic E-state index is 13.0. The van der Waals surface area contributed by atoms with Gasteiger partial charge >= 0.3 is 6.18 Å². The summed E-state index contributed by atoms with van der Waals surface area (Å²) in [6, 6.07) is 12.5. The fraction of sp³-hybridized carbons (Fsp3) is 0.500. The van der Waals surface area contributed by atoms with Crippen LogP contribution in [0, 0.1) is 6.92 Å². The number of benzene rings is 2. The van der Waals surface area contributed by atoms with Gasteiger partial charge in [-0.3, -0.25) is 4.90 Å².